The molecule has 0 bridgehead atoms. The molecule has 0 spiro atoms. The summed E-state index contributed by atoms with van der Waals surface area (Å²) in [5, 5.41) is 0. The number of fused-ring (bicyclic) bond motifs is 1. The molecule has 0 radical (unpaired) electrons. The van der Waals surface area contributed by atoms with Crippen molar-refractivity contribution in [3.8, 4) is 5.69 Å². The first-order chi connectivity index (χ1) is 13.1. The zero-order valence-electron chi connectivity index (χ0n) is 14.5. The van der Waals surface area contributed by atoms with Crippen LogP contribution in [-0.2, 0) is 17.3 Å². The second-order valence-electron chi connectivity index (χ2n) is 6.04. The zero-order chi connectivity index (χ0) is 19.0. The van der Waals surface area contributed by atoms with Gasteiger partial charge in [-0.25, -0.2) is 14.3 Å². The Balaban J connectivity index is 1.95. The van der Waals surface area contributed by atoms with Crippen molar-refractivity contribution in [1.82, 2.24) is 19.1 Å². The van der Waals surface area contributed by atoms with Gasteiger partial charge in [0.15, 0.2) is 5.65 Å². The second-order valence-corrected chi connectivity index (χ2v) is 7.42. The third-order valence-electron chi connectivity index (χ3n) is 4.32. The number of H-pyrrole nitrogens is 1. The van der Waals surface area contributed by atoms with Crippen LogP contribution in [0.15, 0.2) is 75.4 Å². The third kappa shape index (κ3) is 3.04. The van der Waals surface area contributed by atoms with Crippen molar-refractivity contribution in [2.75, 3.05) is 6.26 Å². The van der Waals surface area contributed by atoms with Gasteiger partial charge in [-0.2, -0.15) is 0 Å². The Morgan fingerprint density at radius 3 is 2.41 bits per heavy atom. The molecule has 7 nitrogen and oxygen atoms in total. The SMILES string of the molecule is C[S@@](=O)c1ccc(-n2c(=O)n(Cc3ccccc3)c(=O)c3[nH]cnc32)cc1. The summed E-state index contributed by atoms with van der Waals surface area (Å²) < 4.78 is 14.2. The summed E-state index contributed by atoms with van der Waals surface area (Å²) in [6.07, 6.45) is 2.98. The fourth-order valence-corrected chi connectivity index (χ4v) is 3.49. The van der Waals surface area contributed by atoms with Crippen LogP contribution in [0.4, 0.5) is 0 Å². The summed E-state index contributed by atoms with van der Waals surface area (Å²) in [6, 6.07) is 16.1. The van der Waals surface area contributed by atoms with E-state index in [1.165, 1.54) is 15.5 Å². The van der Waals surface area contributed by atoms with Crippen LogP contribution < -0.4 is 11.2 Å². The Morgan fingerprint density at radius 2 is 1.74 bits per heavy atom. The molecule has 0 fully saturated rings. The summed E-state index contributed by atoms with van der Waals surface area (Å²) in [6.45, 7) is 0.157. The van der Waals surface area contributed by atoms with Crippen LogP contribution in [0.5, 0.6) is 0 Å². The molecule has 27 heavy (non-hydrogen) atoms. The molecule has 0 aliphatic heterocycles. The van der Waals surface area contributed by atoms with E-state index in [1.54, 1.807) is 30.5 Å². The van der Waals surface area contributed by atoms with Gasteiger partial charge in [-0.1, -0.05) is 30.3 Å². The van der Waals surface area contributed by atoms with Gasteiger partial charge in [-0.05, 0) is 29.8 Å². The highest BCUT2D eigenvalue weighted by molar-refractivity contribution is 7.84. The van der Waals surface area contributed by atoms with Gasteiger partial charge in [0.1, 0.15) is 5.52 Å². The van der Waals surface area contributed by atoms with Crippen molar-refractivity contribution in [2.24, 2.45) is 0 Å². The van der Waals surface area contributed by atoms with Crippen molar-refractivity contribution >= 4 is 22.0 Å². The van der Waals surface area contributed by atoms with Crippen molar-refractivity contribution < 1.29 is 4.21 Å². The number of imidazole rings is 1. The monoisotopic (exact) mass is 380 g/mol. The molecule has 0 unspecified atom stereocenters. The minimum Gasteiger partial charge on any atom is -0.339 e. The Bertz CT molecular complexity index is 1250. The van der Waals surface area contributed by atoms with E-state index in [2.05, 4.69) is 9.97 Å². The molecule has 136 valence electrons. The number of nitrogens with one attached hydrogen (secondary N) is 1. The average Bonchev–Trinajstić information content (AvgIpc) is 3.16. The Hall–Kier alpha value is -3.26. The van der Waals surface area contributed by atoms with Crippen molar-refractivity contribution in [3.05, 3.63) is 87.3 Å². The van der Waals surface area contributed by atoms with Gasteiger partial charge in [0.25, 0.3) is 5.56 Å². The summed E-state index contributed by atoms with van der Waals surface area (Å²) >= 11 is 0. The molecule has 2 heterocycles. The smallest absolute Gasteiger partial charge is 0.337 e. The molecule has 2 aromatic carbocycles. The van der Waals surface area contributed by atoms with Gasteiger partial charge in [0.2, 0.25) is 0 Å². The average molecular weight is 380 g/mol. The minimum atomic E-state index is -1.12. The fraction of sp³-hybridized carbons (Fsp3) is 0.105. The second kappa shape index (κ2) is 6.81. The molecule has 4 rings (SSSR count). The maximum atomic E-state index is 13.1. The lowest BCUT2D eigenvalue weighted by Crippen LogP contribution is -2.39. The molecular formula is C19H16N4O3S. The first kappa shape index (κ1) is 17.2. The van der Waals surface area contributed by atoms with E-state index >= 15 is 0 Å². The van der Waals surface area contributed by atoms with Crippen LogP contribution in [0.25, 0.3) is 16.9 Å². The van der Waals surface area contributed by atoms with Crippen LogP contribution in [0.2, 0.25) is 0 Å². The van der Waals surface area contributed by atoms with Crippen molar-refractivity contribution in [2.45, 2.75) is 11.4 Å². The van der Waals surface area contributed by atoms with E-state index in [9.17, 15) is 13.8 Å². The first-order valence-electron chi connectivity index (χ1n) is 8.23. The molecule has 4 aromatic rings. The number of aromatic amines is 1. The number of nitrogens with zero attached hydrogens (tertiary/aromatic N) is 3. The van der Waals surface area contributed by atoms with Gasteiger partial charge in [-0.3, -0.25) is 13.6 Å². The van der Waals surface area contributed by atoms with Gasteiger partial charge in [0, 0.05) is 22.0 Å². The highest BCUT2D eigenvalue weighted by Gasteiger charge is 2.17. The maximum absolute atomic E-state index is 13.1. The van der Waals surface area contributed by atoms with Crippen molar-refractivity contribution in [1.29, 1.82) is 0 Å². The molecule has 8 heteroatoms. The van der Waals surface area contributed by atoms with Crippen LogP contribution in [0.1, 0.15) is 5.56 Å². The molecule has 0 amide bonds. The fourth-order valence-electron chi connectivity index (χ4n) is 2.97. The lowest BCUT2D eigenvalue weighted by atomic mass is 10.2. The predicted molar refractivity (Wildman–Crippen MR) is 104 cm³/mol. The van der Waals surface area contributed by atoms with Crippen LogP contribution >= 0.6 is 0 Å². The van der Waals surface area contributed by atoms with E-state index in [4.69, 9.17) is 0 Å². The van der Waals surface area contributed by atoms with Gasteiger partial charge >= 0.3 is 5.69 Å². The molecule has 1 N–H and O–H groups in total. The largest absolute Gasteiger partial charge is 0.339 e. The molecule has 0 aliphatic rings. The number of benzene rings is 2. The van der Waals surface area contributed by atoms with Gasteiger partial charge < -0.3 is 4.98 Å². The molecular weight excluding hydrogens is 364 g/mol. The van der Waals surface area contributed by atoms with Crippen molar-refractivity contribution in [3.63, 3.8) is 0 Å². The standard InChI is InChI=1S/C19H16N4O3S/c1-27(26)15-9-7-14(8-10-15)23-17-16(20-12-21-17)18(24)22(19(23)25)11-13-5-3-2-4-6-13/h2-10,12H,11H2,1H3,(H,20,21)/t27-/m1/s1. The number of hydrogen-bond acceptors (Lipinski definition) is 4. The predicted octanol–water partition coefficient (Wildman–Crippen LogP) is 1.66. The first-order valence-corrected chi connectivity index (χ1v) is 9.79. The zero-order valence-corrected chi connectivity index (χ0v) is 15.3. The Morgan fingerprint density at radius 1 is 1.04 bits per heavy atom. The van der Waals surface area contributed by atoms with E-state index in [0.717, 1.165) is 5.56 Å². The number of hydrogen-bond donors (Lipinski definition) is 1. The molecule has 0 saturated heterocycles. The third-order valence-corrected chi connectivity index (χ3v) is 5.26. The minimum absolute atomic E-state index is 0.157. The quantitative estimate of drug-likeness (QED) is 0.583. The topological polar surface area (TPSA) is 89.8 Å². The molecule has 0 aliphatic carbocycles. The van der Waals surface area contributed by atoms with E-state index < -0.39 is 22.0 Å². The van der Waals surface area contributed by atoms with E-state index in [0.29, 0.717) is 10.6 Å². The molecule has 0 saturated carbocycles. The lowest BCUT2D eigenvalue weighted by molar-refractivity contribution is 0.682. The Kier molecular flexibility index (Phi) is 4.33. The number of aromatic nitrogens is 4. The summed E-state index contributed by atoms with van der Waals surface area (Å²) in [5.74, 6) is 0. The van der Waals surface area contributed by atoms with Gasteiger partial charge in [0.05, 0.1) is 18.6 Å². The maximum Gasteiger partial charge on any atom is 0.337 e. The molecule has 1 atom stereocenters. The van der Waals surface area contributed by atoms with Crippen LogP contribution in [0.3, 0.4) is 0 Å². The van der Waals surface area contributed by atoms with E-state index in [1.807, 2.05) is 30.3 Å². The van der Waals surface area contributed by atoms with Crippen LogP contribution in [0, 0.1) is 0 Å². The highest BCUT2D eigenvalue weighted by atomic mass is 32.2. The normalized spacial score (nSPS) is 12.3. The Labute approximate surface area is 156 Å². The van der Waals surface area contributed by atoms with Gasteiger partial charge in [-0.15, -0.1) is 0 Å². The number of rotatable bonds is 4. The summed E-state index contributed by atoms with van der Waals surface area (Å²) in [7, 11) is -1.12. The molecule has 2 aromatic heterocycles. The van der Waals surface area contributed by atoms with Crippen LogP contribution in [-0.4, -0.2) is 29.6 Å². The van der Waals surface area contributed by atoms with E-state index in [-0.39, 0.29) is 17.7 Å². The summed E-state index contributed by atoms with van der Waals surface area (Å²) in [5.41, 5.74) is 1.02. The highest BCUT2D eigenvalue weighted by Crippen LogP contribution is 2.14. The summed E-state index contributed by atoms with van der Waals surface area (Å²) in [4.78, 5) is 33.6. The lowest BCUT2D eigenvalue weighted by Gasteiger charge is -2.12.